The van der Waals surface area contributed by atoms with Crippen molar-refractivity contribution in [2.24, 2.45) is 5.92 Å². The van der Waals surface area contributed by atoms with E-state index in [1.165, 1.54) is 11.3 Å². The second-order valence-electron chi connectivity index (χ2n) is 2.98. The molecule has 0 spiro atoms. The molecule has 5 heteroatoms. The lowest BCUT2D eigenvalue weighted by Crippen LogP contribution is -2.11. The van der Waals surface area contributed by atoms with Crippen molar-refractivity contribution in [3.8, 4) is 5.19 Å². The molecule has 0 aliphatic carbocycles. The van der Waals surface area contributed by atoms with Crippen molar-refractivity contribution in [2.75, 3.05) is 19.8 Å². The van der Waals surface area contributed by atoms with Crippen molar-refractivity contribution in [3.63, 3.8) is 0 Å². The quantitative estimate of drug-likeness (QED) is 0.781. The summed E-state index contributed by atoms with van der Waals surface area (Å²) in [5.41, 5.74) is 0. The van der Waals surface area contributed by atoms with Crippen molar-refractivity contribution in [1.29, 1.82) is 0 Å². The summed E-state index contributed by atoms with van der Waals surface area (Å²) >= 11 is 7.08. The van der Waals surface area contributed by atoms with Gasteiger partial charge in [-0.1, -0.05) is 22.9 Å². The third kappa shape index (κ3) is 2.56. The third-order valence-electron chi connectivity index (χ3n) is 1.92. The average molecular weight is 220 g/mol. The first-order valence-electron chi connectivity index (χ1n) is 4.16. The minimum atomic E-state index is 0.502. The van der Waals surface area contributed by atoms with Crippen molar-refractivity contribution in [2.45, 2.75) is 6.42 Å². The zero-order valence-corrected chi connectivity index (χ0v) is 8.61. The van der Waals surface area contributed by atoms with Crippen molar-refractivity contribution < 1.29 is 9.47 Å². The molecule has 0 bridgehead atoms. The minimum Gasteiger partial charge on any atom is -0.470 e. The molecular weight excluding hydrogens is 210 g/mol. The van der Waals surface area contributed by atoms with E-state index in [4.69, 9.17) is 21.1 Å². The number of hydrogen-bond donors (Lipinski definition) is 0. The van der Waals surface area contributed by atoms with Crippen LogP contribution in [-0.4, -0.2) is 24.8 Å². The predicted molar refractivity (Wildman–Crippen MR) is 51.5 cm³/mol. The number of halogens is 1. The minimum absolute atomic E-state index is 0.502. The van der Waals surface area contributed by atoms with Crippen LogP contribution < -0.4 is 4.74 Å². The van der Waals surface area contributed by atoms with Gasteiger partial charge in [0.25, 0.3) is 5.19 Å². The summed E-state index contributed by atoms with van der Waals surface area (Å²) in [5, 5.41) is 2.92. The highest BCUT2D eigenvalue weighted by Gasteiger charge is 2.16. The molecule has 0 amide bonds. The molecule has 1 atom stereocenters. The van der Waals surface area contributed by atoms with E-state index in [9.17, 15) is 0 Å². The first kappa shape index (κ1) is 9.24. The highest BCUT2D eigenvalue weighted by Crippen LogP contribution is 2.22. The number of thiazole rings is 1. The van der Waals surface area contributed by atoms with Gasteiger partial charge in [-0.15, -0.1) is 0 Å². The molecule has 13 heavy (non-hydrogen) atoms. The summed E-state index contributed by atoms with van der Waals surface area (Å²) in [4.78, 5) is 3.99. The first-order chi connectivity index (χ1) is 6.34. The van der Waals surface area contributed by atoms with Crippen molar-refractivity contribution in [1.82, 2.24) is 4.98 Å². The molecule has 1 aromatic rings. The Morgan fingerprint density at radius 1 is 1.77 bits per heavy atom. The van der Waals surface area contributed by atoms with E-state index in [1.807, 2.05) is 0 Å². The van der Waals surface area contributed by atoms with Crippen LogP contribution in [0.4, 0.5) is 0 Å². The SMILES string of the molecule is Clc1csc(OCC2CCOC2)n1. The Kier molecular flexibility index (Phi) is 3.03. The van der Waals surface area contributed by atoms with E-state index < -0.39 is 0 Å². The second-order valence-corrected chi connectivity index (χ2v) is 4.18. The van der Waals surface area contributed by atoms with Crippen LogP contribution in [0.5, 0.6) is 5.19 Å². The van der Waals surface area contributed by atoms with Gasteiger partial charge in [-0.2, -0.15) is 4.98 Å². The Morgan fingerprint density at radius 3 is 3.31 bits per heavy atom. The van der Waals surface area contributed by atoms with Crippen LogP contribution in [0.3, 0.4) is 0 Å². The molecule has 3 nitrogen and oxygen atoms in total. The fraction of sp³-hybridized carbons (Fsp3) is 0.625. The summed E-state index contributed by atoms with van der Waals surface area (Å²) in [5.74, 6) is 0.516. The Balaban J connectivity index is 1.78. The van der Waals surface area contributed by atoms with Gasteiger partial charge in [-0.05, 0) is 6.42 Å². The lowest BCUT2D eigenvalue weighted by Gasteiger charge is -2.06. The second kappa shape index (κ2) is 4.26. The van der Waals surface area contributed by atoms with E-state index in [-0.39, 0.29) is 0 Å². The average Bonchev–Trinajstić information content (AvgIpc) is 2.71. The Bertz CT molecular complexity index is 273. The standard InChI is InChI=1S/C8H10ClNO2S/c9-7-5-13-8(10-7)12-4-6-1-2-11-3-6/h5-6H,1-4H2. The van der Waals surface area contributed by atoms with Gasteiger partial charge in [0.2, 0.25) is 0 Å². The zero-order valence-electron chi connectivity index (χ0n) is 7.03. The van der Waals surface area contributed by atoms with Gasteiger partial charge >= 0.3 is 0 Å². The highest BCUT2D eigenvalue weighted by atomic mass is 35.5. The Labute approximate surface area is 85.6 Å². The monoisotopic (exact) mass is 219 g/mol. The van der Waals surface area contributed by atoms with Gasteiger partial charge in [-0.25, -0.2) is 0 Å². The van der Waals surface area contributed by atoms with Crippen molar-refractivity contribution >= 4 is 22.9 Å². The summed E-state index contributed by atoms with van der Waals surface area (Å²) in [6, 6.07) is 0. The van der Waals surface area contributed by atoms with Gasteiger partial charge in [0.15, 0.2) is 0 Å². The van der Waals surface area contributed by atoms with Crippen LogP contribution in [0.1, 0.15) is 6.42 Å². The van der Waals surface area contributed by atoms with Crippen LogP contribution >= 0.6 is 22.9 Å². The lowest BCUT2D eigenvalue weighted by molar-refractivity contribution is 0.167. The fourth-order valence-corrected chi connectivity index (χ4v) is 2.01. The van der Waals surface area contributed by atoms with Crippen LogP contribution in [0.25, 0.3) is 0 Å². The molecule has 0 radical (unpaired) electrons. The number of nitrogens with zero attached hydrogens (tertiary/aromatic N) is 1. The summed E-state index contributed by atoms with van der Waals surface area (Å²) in [6.45, 7) is 2.34. The van der Waals surface area contributed by atoms with Gasteiger partial charge in [-0.3, -0.25) is 0 Å². The molecule has 1 fully saturated rings. The number of aromatic nitrogens is 1. The third-order valence-corrected chi connectivity index (χ3v) is 3.00. The molecule has 0 N–H and O–H groups in total. The van der Waals surface area contributed by atoms with Crippen LogP contribution in [0.15, 0.2) is 5.38 Å². The van der Waals surface area contributed by atoms with E-state index in [0.717, 1.165) is 19.6 Å². The molecule has 2 heterocycles. The number of rotatable bonds is 3. The van der Waals surface area contributed by atoms with Gasteiger partial charge < -0.3 is 9.47 Å². The maximum Gasteiger partial charge on any atom is 0.274 e. The molecule has 0 saturated carbocycles. The molecule has 1 aliphatic rings. The molecule has 72 valence electrons. The number of hydrogen-bond acceptors (Lipinski definition) is 4. The molecular formula is C8H10ClNO2S. The van der Waals surface area contributed by atoms with E-state index in [0.29, 0.717) is 22.9 Å². The highest BCUT2D eigenvalue weighted by molar-refractivity contribution is 7.11. The number of ether oxygens (including phenoxy) is 2. The molecule has 0 aromatic carbocycles. The van der Waals surface area contributed by atoms with Gasteiger partial charge in [0.05, 0.1) is 13.2 Å². The van der Waals surface area contributed by atoms with Crippen LogP contribution in [0, 0.1) is 5.92 Å². The van der Waals surface area contributed by atoms with E-state index in [2.05, 4.69) is 4.98 Å². The summed E-state index contributed by atoms with van der Waals surface area (Å²) in [6.07, 6.45) is 1.08. The fourth-order valence-electron chi connectivity index (χ4n) is 1.21. The molecule has 1 unspecified atom stereocenters. The lowest BCUT2D eigenvalue weighted by atomic mass is 10.1. The maximum absolute atomic E-state index is 5.65. The van der Waals surface area contributed by atoms with Crippen LogP contribution in [0.2, 0.25) is 5.15 Å². The predicted octanol–water partition coefficient (Wildman–Crippen LogP) is 2.21. The Hall–Kier alpha value is -0.320. The van der Waals surface area contributed by atoms with Gasteiger partial charge in [0, 0.05) is 17.9 Å². The summed E-state index contributed by atoms with van der Waals surface area (Å²) in [7, 11) is 0. The molecule has 1 saturated heterocycles. The van der Waals surface area contributed by atoms with E-state index in [1.54, 1.807) is 5.38 Å². The zero-order chi connectivity index (χ0) is 9.10. The molecule has 2 rings (SSSR count). The van der Waals surface area contributed by atoms with Crippen LogP contribution in [-0.2, 0) is 4.74 Å². The Morgan fingerprint density at radius 2 is 2.69 bits per heavy atom. The van der Waals surface area contributed by atoms with E-state index >= 15 is 0 Å². The topological polar surface area (TPSA) is 31.4 Å². The molecule has 1 aliphatic heterocycles. The molecule has 1 aromatic heterocycles. The smallest absolute Gasteiger partial charge is 0.274 e. The van der Waals surface area contributed by atoms with Crippen molar-refractivity contribution in [3.05, 3.63) is 10.5 Å². The normalized spacial score (nSPS) is 22.1. The summed E-state index contributed by atoms with van der Waals surface area (Å²) < 4.78 is 10.7. The largest absolute Gasteiger partial charge is 0.470 e. The maximum atomic E-state index is 5.65. The first-order valence-corrected chi connectivity index (χ1v) is 5.42. The van der Waals surface area contributed by atoms with Gasteiger partial charge in [0.1, 0.15) is 5.15 Å².